The van der Waals surface area contributed by atoms with Gasteiger partial charge in [-0.2, -0.15) is 5.01 Å². The van der Waals surface area contributed by atoms with E-state index in [0.717, 1.165) is 11.3 Å². The van der Waals surface area contributed by atoms with Gasteiger partial charge in [0.2, 0.25) is 0 Å². The monoisotopic (exact) mass is 301 g/mol. The highest BCUT2D eigenvalue weighted by Crippen LogP contribution is 2.33. The molecule has 21 heavy (non-hydrogen) atoms. The van der Waals surface area contributed by atoms with E-state index in [1.807, 2.05) is 60.6 Å². The number of hydrazine groups is 1. The summed E-state index contributed by atoms with van der Waals surface area (Å²) < 4.78 is 0. The summed E-state index contributed by atoms with van der Waals surface area (Å²) in [5.41, 5.74) is 2.39. The van der Waals surface area contributed by atoms with Crippen molar-refractivity contribution in [3.63, 3.8) is 0 Å². The smallest absolute Gasteiger partial charge is 0.270 e. The van der Waals surface area contributed by atoms with E-state index in [2.05, 4.69) is 5.32 Å². The van der Waals surface area contributed by atoms with Crippen LogP contribution in [0.4, 0.5) is 5.69 Å². The molecule has 0 fully saturated rings. The zero-order valence-corrected chi connectivity index (χ0v) is 12.6. The van der Waals surface area contributed by atoms with Gasteiger partial charge in [0.05, 0.1) is 5.56 Å². The Morgan fingerprint density at radius 3 is 2.48 bits per heavy atom. The van der Waals surface area contributed by atoms with Gasteiger partial charge < -0.3 is 5.32 Å². The number of halogens is 1. The molecule has 1 unspecified atom stereocenters. The maximum Gasteiger partial charge on any atom is 0.270 e. The number of nitrogens with zero attached hydrogens (tertiary/aromatic N) is 2. The number of fused-ring (bicyclic) bond motifs is 1. The van der Waals surface area contributed by atoms with Crippen molar-refractivity contribution in [1.29, 1.82) is 0 Å². The summed E-state index contributed by atoms with van der Waals surface area (Å²) in [6.45, 7) is 0. The minimum Gasteiger partial charge on any atom is -0.364 e. The van der Waals surface area contributed by atoms with Crippen molar-refractivity contribution >= 4 is 23.2 Å². The molecule has 0 radical (unpaired) electrons. The van der Waals surface area contributed by atoms with Gasteiger partial charge in [0.1, 0.15) is 6.17 Å². The maximum absolute atomic E-state index is 12.5. The summed E-state index contributed by atoms with van der Waals surface area (Å²) in [5, 5.41) is 7.53. The lowest BCUT2D eigenvalue weighted by Gasteiger charge is -2.33. The number of hydrogen-bond acceptors (Lipinski definition) is 3. The molecule has 1 amide bonds. The number of benzene rings is 2. The molecule has 0 saturated heterocycles. The van der Waals surface area contributed by atoms with Crippen molar-refractivity contribution in [2.45, 2.75) is 6.17 Å². The third-order valence-electron chi connectivity index (χ3n) is 3.79. The molecule has 1 aliphatic rings. The molecule has 0 bridgehead atoms. The second-order valence-electron chi connectivity index (χ2n) is 5.02. The molecule has 1 heterocycles. The van der Waals surface area contributed by atoms with Crippen LogP contribution in [-0.4, -0.2) is 30.0 Å². The summed E-state index contributed by atoms with van der Waals surface area (Å²) in [6, 6.07) is 15.2. The van der Waals surface area contributed by atoms with Crippen molar-refractivity contribution in [3.8, 4) is 0 Å². The lowest BCUT2D eigenvalue weighted by Crippen LogP contribution is -2.43. The fraction of sp³-hybridized carbons (Fsp3) is 0.188. The zero-order valence-electron chi connectivity index (χ0n) is 11.9. The Bertz CT molecular complexity index is 689. The lowest BCUT2D eigenvalue weighted by atomic mass is 10.1. The van der Waals surface area contributed by atoms with Gasteiger partial charge in [-0.1, -0.05) is 41.9 Å². The fourth-order valence-electron chi connectivity index (χ4n) is 2.50. The first-order valence-corrected chi connectivity index (χ1v) is 7.08. The van der Waals surface area contributed by atoms with Gasteiger partial charge in [-0.3, -0.25) is 9.80 Å². The van der Waals surface area contributed by atoms with Crippen molar-refractivity contribution in [2.24, 2.45) is 0 Å². The van der Waals surface area contributed by atoms with E-state index in [9.17, 15) is 4.79 Å². The minimum absolute atomic E-state index is 0.0462. The number of rotatable bonds is 1. The minimum atomic E-state index is -0.212. The topological polar surface area (TPSA) is 35.6 Å². The summed E-state index contributed by atoms with van der Waals surface area (Å²) in [7, 11) is 3.63. The van der Waals surface area contributed by atoms with Crippen molar-refractivity contribution in [2.75, 3.05) is 19.4 Å². The van der Waals surface area contributed by atoms with Crippen molar-refractivity contribution < 1.29 is 4.79 Å². The summed E-state index contributed by atoms with van der Waals surface area (Å²) >= 11 is 6.32. The molecule has 0 saturated carbocycles. The third kappa shape index (κ3) is 2.37. The molecule has 0 aliphatic carbocycles. The predicted octanol–water partition coefficient (Wildman–Crippen LogP) is 3.38. The summed E-state index contributed by atoms with van der Waals surface area (Å²) in [5.74, 6) is -0.0462. The van der Waals surface area contributed by atoms with Crippen LogP contribution in [0.3, 0.4) is 0 Å². The van der Waals surface area contributed by atoms with Crippen LogP contribution in [0.25, 0.3) is 0 Å². The molecule has 0 spiro atoms. The van der Waals surface area contributed by atoms with Crippen molar-refractivity contribution in [1.82, 2.24) is 10.0 Å². The van der Waals surface area contributed by atoms with E-state index in [1.165, 1.54) is 0 Å². The van der Waals surface area contributed by atoms with E-state index in [-0.39, 0.29) is 12.1 Å². The first-order valence-electron chi connectivity index (χ1n) is 6.70. The Hall–Kier alpha value is -2.04. The molecule has 1 atom stereocenters. The molecule has 3 rings (SSSR count). The maximum atomic E-state index is 12.5. The van der Waals surface area contributed by atoms with E-state index in [4.69, 9.17) is 11.6 Å². The van der Waals surface area contributed by atoms with Gasteiger partial charge in [0.15, 0.2) is 0 Å². The molecule has 1 aliphatic heterocycles. The molecular formula is C16H16ClN3O. The largest absolute Gasteiger partial charge is 0.364 e. The number of para-hydroxylation sites is 1. The highest BCUT2D eigenvalue weighted by atomic mass is 35.5. The Labute approximate surface area is 128 Å². The van der Waals surface area contributed by atoms with Crippen LogP contribution in [-0.2, 0) is 0 Å². The average Bonchev–Trinajstić information content (AvgIpc) is 2.59. The SMILES string of the molecule is CN1C(=O)c2ccccc2NC(c2ccccc2Cl)N1C. The molecule has 5 heteroatoms. The Morgan fingerprint density at radius 1 is 1.05 bits per heavy atom. The number of anilines is 1. The normalized spacial score (nSPS) is 18.9. The van der Waals surface area contributed by atoms with Gasteiger partial charge in [-0.15, -0.1) is 0 Å². The van der Waals surface area contributed by atoms with Crippen LogP contribution in [0.5, 0.6) is 0 Å². The molecule has 108 valence electrons. The number of carbonyl (C=O) groups is 1. The van der Waals surface area contributed by atoms with E-state index in [1.54, 1.807) is 12.1 Å². The Kier molecular flexibility index (Phi) is 3.57. The van der Waals surface area contributed by atoms with Gasteiger partial charge in [-0.25, -0.2) is 0 Å². The highest BCUT2D eigenvalue weighted by molar-refractivity contribution is 6.31. The molecule has 0 aromatic heterocycles. The first-order chi connectivity index (χ1) is 10.1. The molecule has 2 aromatic carbocycles. The van der Waals surface area contributed by atoms with Gasteiger partial charge >= 0.3 is 0 Å². The summed E-state index contributed by atoms with van der Waals surface area (Å²) in [6.07, 6.45) is -0.212. The van der Waals surface area contributed by atoms with Crippen LogP contribution >= 0.6 is 11.6 Å². The van der Waals surface area contributed by atoms with Crippen LogP contribution in [0.1, 0.15) is 22.1 Å². The van der Waals surface area contributed by atoms with E-state index >= 15 is 0 Å². The number of amides is 1. The highest BCUT2D eigenvalue weighted by Gasteiger charge is 2.31. The fourth-order valence-corrected chi connectivity index (χ4v) is 2.74. The molecular weight excluding hydrogens is 286 g/mol. The van der Waals surface area contributed by atoms with Gasteiger partial charge in [0, 0.05) is 30.4 Å². The second kappa shape index (κ2) is 5.39. The second-order valence-corrected chi connectivity index (χ2v) is 5.42. The third-order valence-corrected chi connectivity index (χ3v) is 4.13. The summed E-state index contributed by atoms with van der Waals surface area (Å²) in [4.78, 5) is 12.5. The number of hydrogen-bond donors (Lipinski definition) is 1. The standard InChI is InChI=1S/C16H16ClN3O/c1-19-15(11-7-3-5-9-13(11)17)18-14-10-6-4-8-12(14)16(21)20(19)2/h3-10,15,18H,1-2H3. The van der Waals surface area contributed by atoms with Gasteiger partial charge in [-0.05, 0) is 18.2 Å². The van der Waals surface area contributed by atoms with Crippen LogP contribution < -0.4 is 5.32 Å². The molecule has 1 N–H and O–H groups in total. The quantitative estimate of drug-likeness (QED) is 0.877. The van der Waals surface area contributed by atoms with Crippen LogP contribution in [0.2, 0.25) is 5.02 Å². The Morgan fingerprint density at radius 2 is 1.71 bits per heavy atom. The number of carbonyl (C=O) groups excluding carboxylic acids is 1. The van der Waals surface area contributed by atoms with Gasteiger partial charge in [0.25, 0.3) is 5.91 Å². The van der Waals surface area contributed by atoms with E-state index in [0.29, 0.717) is 10.6 Å². The lowest BCUT2D eigenvalue weighted by molar-refractivity contribution is 0.00494. The zero-order chi connectivity index (χ0) is 15.0. The Balaban J connectivity index is 2.11. The van der Waals surface area contributed by atoms with Crippen LogP contribution in [0, 0.1) is 0 Å². The molecule has 2 aromatic rings. The predicted molar refractivity (Wildman–Crippen MR) is 84.1 cm³/mol. The van der Waals surface area contributed by atoms with Crippen molar-refractivity contribution in [3.05, 3.63) is 64.7 Å². The molecule has 4 nitrogen and oxygen atoms in total. The first kappa shape index (κ1) is 13.9. The average molecular weight is 302 g/mol. The van der Waals surface area contributed by atoms with E-state index < -0.39 is 0 Å². The van der Waals surface area contributed by atoms with Crippen LogP contribution in [0.15, 0.2) is 48.5 Å². The number of nitrogens with one attached hydrogen (secondary N) is 1.